The van der Waals surface area contributed by atoms with Crippen molar-refractivity contribution in [3.8, 4) is 0 Å². The van der Waals surface area contributed by atoms with Crippen molar-refractivity contribution in [2.45, 2.75) is 6.23 Å². The zero-order chi connectivity index (χ0) is 7.82. The summed E-state index contributed by atoms with van der Waals surface area (Å²) in [5.41, 5.74) is 5.17. The van der Waals surface area contributed by atoms with Gasteiger partial charge >= 0.3 is 0 Å². The third kappa shape index (κ3) is 4.25. The number of nitrogens with one attached hydrogen (secondary N) is 1. The molecule has 0 saturated carbocycles. The van der Waals surface area contributed by atoms with Gasteiger partial charge in [-0.15, -0.1) is 0 Å². The number of rotatable bonds is 6. The average Bonchev–Trinajstić information content (AvgIpc) is 1.98. The third-order valence-corrected chi connectivity index (χ3v) is 0.918. The minimum absolute atomic E-state index is 0.00127. The molecule has 60 valence electrons. The molecule has 0 bridgehead atoms. The van der Waals surface area contributed by atoms with E-state index in [-0.39, 0.29) is 13.2 Å². The molecule has 0 aromatic rings. The van der Waals surface area contributed by atoms with E-state index >= 15 is 0 Å². The van der Waals surface area contributed by atoms with E-state index in [1.165, 1.54) is 0 Å². The van der Waals surface area contributed by atoms with Crippen LogP contribution in [0.5, 0.6) is 0 Å². The highest BCUT2D eigenvalue weighted by Gasteiger charge is 2.02. The molecule has 0 rings (SSSR count). The summed E-state index contributed by atoms with van der Waals surface area (Å²) in [6.45, 7) is 0.898. The number of carbonyl (C=O) groups is 1. The van der Waals surface area contributed by atoms with Crippen LogP contribution in [0.4, 0.5) is 0 Å². The van der Waals surface area contributed by atoms with E-state index in [1.54, 1.807) is 0 Å². The molecular formula is C5H12N2O3. The topological polar surface area (TPSA) is 84.6 Å². The van der Waals surface area contributed by atoms with Gasteiger partial charge in [0.25, 0.3) is 6.47 Å². The van der Waals surface area contributed by atoms with Crippen molar-refractivity contribution >= 4 is 6.47 Å². The Morgan fingerprint density at radius 1 is 1.80 bits per heavy atom. The molecule has 0 aliphatic heterocycles. The lowest BCUT2D eigenvalue weighted by Gasteiger charge is -2.12. The van der Waals surface area contributed by atoms with Crippen LogP contribution < -0.4 is 11.1 Å². The van der Waals surface area contributed by atoms with Gasteiger partial charge in [-0.2, -0.15) is 0 Å². The molecule has 0 aromatic carbocycles. The Balaban J connectivity index is 3.29. The maximum absolute atomic E-state index is 9.76. The van der Waals surface area contributed by atoms with Crippen LogP contribution in [-0.4, -0.2) is 37.5 Å². The van der Waals surface area contributed by atoms with Crippen LogP contribution >= 0.6 is 0 Å². The molecule has 0 heterocycles. The summed E-state index contributed by atoms with van der Waals surface area (Å²) < 4.78 is 4.47. The molecule has 0 aliphatic rings. The molecule has 0 aromatic heterocycles. The second-order valence-corrected chi connectivity index (χ2v) is 1.63. The fraction of sp³-hybridized carbons (Fsp3) is 0.800. The molecule has 5 heteroatoms. The van der Waals surface area contributed by atoms with Gasteiger partial charge in [-0.1, -0.05) is 0 Å². The fourth-order valence-electron chi connectivity index (χ4n) is 0.480. The summed E-state index contributed by atoms with van der Waals surface area (Å²) >= 11 is 0. The van der Waals surface area contributed by atoms with Crippen molar-refractivity contribution < 1.29 is 14.6 Å². The lowest BCUT2D eigenvalue weighted by atomic mass is 10.5. The first-order valence-corrected chi connectivity index (χ1v) is 2.98. The van der Waals surface area contributed by atoms with Crippen molar-refractivity contribution in [3.63, 3.8) is 0 Å². The van der Waals surface area contributed by atoms with Crippen LogP contribution in [0.3, 0.4) is 0 Å². The van der Waals surface area contributed by atoms with Gasteiger partial charge in [0.05, 0.1) is 6.61 Å². The van der Waals surface area contributed by atoms with E-state index in [9.17, 15) is 4.79 Å². The number of nitrogens with two attached hydrogens (primary N) is 1. The van der Waals surface area contributed by atoms with Crippen LogP contribution in [0.2, 0.25) is 0 Å². The molecule has 0 amide bonds. The number of ether oxygens (including phenoxy) is 1. The predicted octanol–water partition coefficient (Wildman–Crippen LogP) is -1.97. The Bertz CT molecular complexity index is 89.0. The van der Waals surface area contributed by atoms with E-state index < -0.39 is 6.23 Å². The number of hydrogen-bond donors (Lipinski definition) is 3. The zero-order valence-corrected chi connectivity index (χ0v) is 5.62. The monoisotopic (exact) mass is 148 g/mol. The molecule has 0 radical (unpaired) electrons. The number of hydrogen-bond acceptors (Lipinski definition) is 5. The summed E-state index contributed by atoms with van der Waals surface area (Å²) in [4.78, 5) is 9.76. The highest BCUT2D eigenvalue weighted by atomic mass is 16.5. The van der Waals surface area contributed by atoms with Gasteiger partial charge < -0.3 is 15.6 Å². The Kier molecular flexibility index (Phi) is 6.05. The van der Waals surface area contributed by atoms with E-state index in [0.717, 1.165) is 0 Å². The van der Waals surface area contributed by atoms with Crippen LogP contribution in [0, 0.1) is 0 Å². The Morgan fingerprint density at radius 2 is 2.50 bits per heavy atom. The smallest absolute Gasteiger partial charge is 0.294 e. The SMILES string of the molecule is NCC(NCCO)OC=O. The summed E-state index contributed by atoms with van der Waals surface area (Å²) in [7, 11) is 0. The minimum atomic E-state index is -0.482. The molecule has 0 aliphatic carbocycles. The Labute approximate surface area is 59.2 Å². The average molecular weight is 148 g/mol. The first-order chi connectivity index (χ1) is 4.85. The van der Waals surface area contributed by atoms with Crippen LogP contribution in [0.15, 0.2) is 0 Å². The number of aliphatic hydroxyl groups is 1. The van der Waals surface area contributed by atoms with E-state index in [0.29, 0.717) is 13.0 Å². The molecular weight excluding hydrogens is 136 g/mol. The fourth-order valence-corrected chi connectivity index (χ4v) is 0.480. The lowest BCUT2D eigenvalue weighted by Crippen LogP contribution is -2.39. The van der Waals surface area contributed by atoms with E-state index in [4.69, 9.17) is 10.8 Å². The van der Waals surface area contributed by atoms with Gasteiger partial charge in [0, 0.05) is 13.1 Å². The minimum Gasteiger partial charge on any atom is -0.447 e. The van der Waals surface area contributed by atoms with Crippen molar-refractivity contribution in [3.05, 3.63) is 0 Å². The largest absolute Gasteiger partial charge is 0.447 e. The Hall–Kier alpha value is -0.650. The summed E-state index contributed by atoms with van der Waals surface area (Å²) in [6.07, 6.45) is -0.482. The molecule has 4 N–H and O–H groups in total. The second-order valence-electron chi connectivity index (χ2n) is 1.63. The van der Waals surface area contributed by atoms with Gasteiger partial charge in [0.2, 0.25) is 0 Å². The molecule has 5 nitrogen and oxygen atoms in total. The highest BCUT2D eigenvalue weighted by Crippen LogP contribution is 1.78. The first-order valence-electron chi connectivity index (χ1n) is 2.98. The lowest BCUT2D eigenvalue weighted by molar-refractivity contribution is -0.134. The van der Waals surface area contributed by atoms with Crippen LogP contribution in [0.25, 0.3) is 0 Å². The van der Waals surface area contributed by atoms with Crippen LogP contribution in [0.1, 0.15) is 0 Å². The van der Waals surface area contributed by atoms with E-state index in [2.05, 4.69) is 10.1 Å². The van der Waals surface area contributed by atoms with Crippen molar-refractivity contribution in [1.82, 2.24) is 5.32 Å². The van der Waals surface area contributed by atoms with E-state index in [1.807, 2.05) is 0 Å². The second kappa shape index (κ2) is 6.47. The molecule has 1 unspecified atom stereocenters. The molecule has 1 atom stereocenters. The van der Waals surface area contributed by atoms with Gasteiger partial charge in [0.15, 0.2) is 6.23 Å². The van der Waals surface area contributed by atoms with Crippen molar-refractivity contribution in [2.75, 3.05) is 19.7 Å². The predicted molar refractivity (Wildman–Crippen MR) is 35.1 cm³/mol. The third-order valence-electron chi connectivity index (χ3n) is 0.918. The van der Waals surface area contributed by atoms with Gasteiger partial charge in [-0.05, 0) is 0 Å². The van der Waals surface area contributed by atoms with Gasteiger partial charge in [-0.3, -0.25) is 10.1 Å². The number of aliphatic hydroxyl groups excluding tert-OH is 1. The normalized spacial score (nSPS) is 12.6. The highest BCUT2D eigenvalue weighted by molar-refractivity contribution is 5.37. The maximum Gasteiger partial charge on any atom is 0.294 e. The maximum atomic E-state index is 9.76. The quantitative estimate of drug-likeness (QED) is 0.300. The zero-order valence-electron chi connectivity index (χ0n) is 5.62. The first kappa shape index (κ1) is 9.35. The standard InChI is InChI=1S/C5H12N2O3/c6-3-5(10-4-9)7-1-2-8/h4-5,7-8H,1-3,6H2. The van der Waals surface area contributed by atoms with Crippen LogP contribution in [-0.2, 0) is 9.53 Å². The number of carbonyl (C=O) groups excluding carboxylic acids is 1. The van der Waals surface area contributed by atoms with Gasteiger partial charge in [-0.25, -0.2) is 0 Å². The Morgan fingerprint density at radius 3 is 2.90 bits per heavy atom. The van der Waals surface area contributed by atoms with Gasteiger partial charge in [0.1, 0.15) is 0 Å². The summed E-state index contributed by atoms with van der Waals surface area (Å²) in [6, 6.07) is 0. The molecule has 0 spiro atoms. The summed E-state index contributed by atoms with van der Waals surface area (Å²) in [5, 5.41) is 11.0. The molecule has 0 saturated heterocycles. The van der Waals surface area contributed by atoms with Crippen molar-refractivity contribution in [2.24, 2.45) is 5.73 Å². The molecule has 10 heavy (non-hydrogen) atoms. The molecule has 0 fully saturated rings. The summed E-state index contributed by atoms with van der Waals surface area (Å²) in [5.74, 6) is 0. The van der Waals surface area contributed by atoms with Crippen molar-refractivity contribution in [1.29, 1.82) is 0 Å².